The van der Waals surface area contributed by atoms with Crippen molar-refractivity contribution in [1.82, 2.24) is 4.57 Å². The van der Waals surface area contributed by atoms with Crippen LogP contribution in [0.15, 0.2) is 57.5 Å². The first kappa shape index (κ1) is 28.9. The maximum Gasteiger partial charge on any atom is 0.338 e. The predicted octanol–water partition coefficient (Wildman–Crippen LogP) is 4.09. The molecule has 1 aromatic heterocycles. The highest BCUT2D eigenvalue weighted by atomic mass is 32.1. The van der Waals surface area contributed by atoms with Crippen molar-refractivity contribution in [1.29, 1.82) is 0 Å². The van der Waals surface area contributed by atoms with E-state index in [9.17, 15) is 14.7 Å². The Morgan fingerprint density at radius 3 is 2.58 bits per heavy atom. The highest BCUT2D eigenvalue weighted by molar-refractivity contribution is 7.07. The summed E-state index contributed by atoms with van der Waals surface area (Å²) in [5.74, 6) is 0.870. The zero-order valence-corrected chi connectivity index (χ0v) is 24.2. The summed E-state index contributed by atoms with van der Waals surface area (Å²) in [5.41, 5.74) is 1.75. The number of thiazole rings is 1. The number of phenols is 1. The Labute approximate surface area is 236 Å². The molecule has 2 aromatic carbocycles. The van der Waals surface area contributed by atoms with E-state index in [-0.39, 0.29) is 16.9 Å². The van der Waals surface area contributed by atoms with Crippen LogP contribution in [0.1, 0.15) is 57.2 Å². The molecule has 3 aromatic rings. The minimum absolute atomic E-state index is 0.0190. The van der Waals surface area contributed by atoms with E-state index in [0.717, 1.165) is 19.3 Å². The first-order valence-electron chi connectivity index (χ1n) is 13.2. The Kier molecular flexibility index (Phi) is 9.31. The average Bonchev–Trinajstić information content (AvgIpc) is 3.25. The van der Waals surface area contributed by atoms with Crippen LogP contribution in [-0.4, -0.2) is 43.1 Å². The van der Waals surface area contributed by atoms with E-state index in [1.165, 1.54) is 29.1 Å². The van der Waals surface area contributed by atoms with Crippen LogP contribution in [0.3, 0.4) is 0 Å². The number of fused-ring (bicyclic) bond motifs is 1. The second kappa shape index (κ2) is 12.9. The fourth-order valence-corrected chi connectivity index (χ4v) is 5.61. The van der Waals surface area contributed by atoms with E-state index in [1.807, 2.05) is 13.0 Å². The van der Waals surface area contributed by atoms with Gasteiger partial charge in [0.05, 0.1) is 49.3 Å². The summed E-state index contributed by atoms with van der Waals surface area (Å²) in [4.78, 5) is 31.9. The first-order chi connectivity index (χ1) is 19.3. The summed E-state index contributed by atoms with van der Waals surface area (Å²) in [5, 5.41) is 10.1. The molecule has 0 amide bonds. The molecule has 40 heavy (non-hydrogen) atoms. The van der Waals surface area contributed by atoms with Crippen LogP contribution in [0.25, 0.3) is 6.08 Å². The Morgan fingerprint density at radius 1 is 1.07 bits per heavy atom. The van der Waals surface area contributed by atoms with Gasteiger partial charge in [-0.15, -0.1) is 0 Å². The Hall–Kier alpha value is -4.05. The molecular formula is C30H34N2O7S. The standard InChI is InChI=1S/C30H34N2O7S/c1-6-8-9-14-39-22-13-11-20(17-24(22)36-4)27-26(29(35)37-5)18(3)31-30-32(27)28(34)25(40-30)16-19-10-12-21(33)23(15-19)38-7-2/h10-13,15-17,27,33H,6-9,14H2,1-5H3/b25-16-. The zero-order valence-electron chi connectivity index (χ0n) is 23.4. The Bertz CT molecular complexity index is 1600. The van der Waals surface area contributed by atoms with Gasteiger partial charge in [0.2, 0.25) is 0 Å². The van der Waals surface area contributed by atoms with Gasteiger partial charge in [-0.25, -0.2) is 9.79 Å². The lowest BCUT2D eigenvalue weighted by atomic mass is 9.95. The van der Waals surface area contributed by atoms with Crippen molar-refractivity contribution in [3.8, 4) is 23.0 Å². The number of hydrogen-bond acceptors (Lipinski definition) is 9. The molecule has 0 spiro atoms. The van der Waals surface area contributed by atoms with E-state index in [4.69, 9.17) is 18.9 Å². The fourth-order valence-electron chi connectivity index (χ4n) is 4.56. The number of rotatable bonds is 11. The molecule has 0 aliphatic carbocycles. The predicted molar refractivity (Wildman–Crippen MR) is 153 cm³/mol. The topological polar surface area (TPSA) is 109 Å². The van der Waals surface area contributed by atoms with Gasteiger partial charge in [-0.3, -0.25) is 9.36 Å². The van der Waals surface area contributed by atoms with Gasteiger partial charge in [-0.05, 0) is 61.7 Å². The summed E-state index contributed by atoms with van der Waals surface area (Å²) in [6, 6.07) is 9.52. The van der Waals surface area contributed by atoms with Crippen molar-refractivity contribution >= 4 is 23.4 Å². The SMILES string of the molecule is CCCCCOc1ccc(C2C(C(=O)OC)=C(C)N=c3s/c(=C\c4ccc(O)c(OCC)c4)c(=O)n32)cc1OC. The molecule has 10 heteroatoms. The van der Waals surface area contributed by atoms with Gasteiger partial charge >= 0.3 is 5.97 Å². The number of hydrogen-bond donors (Lipinski definition) is 1. The van der Waals surface area contributed by atoms with E-state index in [2.05, 4.69) is 11.9 Å². The van der Waals surface area contributed by atoms with Crippen LogP contribution in [0.4, 0.5) is 0 Å². The molecule has 1 aliphatic heterocycles. The quantitative estimate of drug-likeness (QED) is 0.275. The van der Waals surface area contributed by atoms with Gasteiger partial charge in [-0.1, -0.05) is 43.2 Å². The van der Waals surface area contributed by atoms with Gasteiger partial charge in [0, 0.05) is 0 Å². The molecule has 1 atom stereocenters. The first-order valence-corrected chi connectivity index (χ1v) is 14.0. The zero-order chi connectivity index (χ0) is 28.8. The van der Waals surface area contributed by atoms with Gasteiger partial charge in [0.1, 0.15) is 0 Å². The summed E-state index contributed by atoms with van der Waals surface area (Å²) in [7, 11) is 2.86. The summed E-state index contributed by atoms with van der Waals surface area (Å²) < 4.78 is 24.1. The fraction of sp³-hybridized carbons (Fsp3) is 0.367. The average molecular weight is 567 g/mol. The largest absolute Gasteiger partial charge is 0.504 e. The van der Waals surface area contributed by atoms with E-state index >= 15 is 0 Å². The lowest BCUT2D eigenvalue weighted by Crippen LogP contribution is -2.39. The minimum atomic E-state index is -0.785. The van der Waals surface area contributed by atoms with Crippen LogP contribution < -0.4 is 29.1 Å². The van der Waals surface area contributed by atoms with E-state index in [1.54, 1.807) is 44.4 Å². The number of benzene rings is 2. The number of nitrogens with zero attached hydrogens (tertiary/aromatic N) is 2. The van der Waals surface area contributed by atoms with Crippen LogP contribution in [0.5, 0.6) is 23.0 Å². The molecule has 1 aliphatic rings. The van der Waals surface area contributed by atoms with Gasteiger partial charge in [0.15, 0.2) is 27.8 Å². The molecular weight excluding hydrogens is 532 g/mol. The van der Waals surface area contributed by atoms with Gasteiger partial charge in [0.25, 0.3) is 5.56 Å². The number of ether oxygens (including phenoxy) is 4. The lowest BCUT2D eigenvalue weighted by molar-refractivity contribution is -0.136. The highest BCUT2D eigenvalue weighted by Gasteiger charge is 2.33. The molecule has 0 bridgehead atoms. The number of unbranched alkanes of at least 4 members (excludes halogenated alkanes) is 2. The van der Waals surface area contributed by atoms with Crippen molar-refractivity contribution in [2.45, 2.75) is 46.1 Å². The minimum Gasteiger partial charge on any atom is -0.504 e. The summed E-state index contributed by atoms with van der Waals surface area (Å²) in [6.45, 7) is 6.64. The maximum absolute atomic E-state index is 13.8. The van der Waals surface area contributed by atoms with Crippen molar-refractivity contribution in [2.75, 3.05) is 27.4 Å². The summed E-state index contributed by atoms with van der Waals surface area (Å²) >= 11 is 1.22. The van der Waals surface area contributed by atoms with Crippen LogP contribution in [-0.2, 0) is 9.53 Å². The smallest absolute Gasteiger partial charge is 0.338 e. The second-order valence-electron chi connectivity index (χ2n) is 9.20. The molecule has 4 rings (SSSR count). The van der Waals surface area contributed by atoms with Crippen LogP contribution in [0.2, 0.25) is 0 Å². The number of allylic oxidation sites excluding steroid dienone is 1. The Morgan fingerprint density at radius 2 is 1.88 bits per heavy atom. The third-order valence-electron chi connectivity index (χ3n) is 6.52. The second-order valence-corrected chi connectivity index (χ2v) is 10.2. The van der Waals surface area contributed by atoms with Crippen molar-refractivity contribution in [3.05, 3.63) is 78.5 Å². The number of aromatic hydroxyl groups is 1. The number of carbonyl (C=O) groups is 1. The summed E-state index contributed by atoms with van der Waals surface area (Å²) in [6.07, 6.45) is 4.80. The van der Waals surface area contributed by atoms with Crippen LogP contribution >= 0.6 is 11.3 Å². The monoisotopic (exact) mass is 566 g/mol. The number of methoxy groups -OCH3 is 2. The normalized spacial score (nSPS) is 14.9. The maximum atomic E-state index is 13.8. The number of phenolic OH excluding ortho intramolecular Hbond substituents is 1. The third-order valence-corrected chi connectivity index (χ3v) is 7.50. The molecule has 2 heterocycles. The van der Waals surface area contributed by atoms with Gasteiger partial charge < -0.3 is 24.1 Å². The number of esters is 1. The van der Waals surface area contributed by atoms with Crippen LogP contribution in [0, 0.1) is 0 Å². The molecule has 9 nitrogen and oxygen atoms in total. The molecule has 0 fully saturated rings. The third kappa shape index (κ3) is 5.91. The number of carbonyl (C=O) groups excluding carboxylic acids is 1. The van der Waals surface area contributed by atoms with E-state index in [0.29, 0.717) is 56.6 Å². The molecule has 1 unspecified atom stereocenters. The van der Waals surface area contributed by atoms with Gasteiger partial charge in [-0.2, -0.15) is 0 Å². The van der Waals surface area contributed by atoms with E-state index < -0.39 is 12.0 Å². The highest BCUT2D eigenvalue weighted by Crippen LogP contribution is 2.36. The lowest BCUT2D eigenvalue weighted by Gasteiger charge is -2.25. The molecule has 0 radical (unpaired) electrons. The molecule has 0 saturated heterocycles. The molecule has 212 valence electrons. The molecule has 0 saturated carbocycles. The van der Waals surface area contributed by atoms with Crippen molar-refractivity contribution in [2.24, 2.45) is 4.99 Å². The number of aromatic nitrogens is 1. The molecule has 1 N–H and O–H groups in total. The Balaban J connectivity index is 1.84. The van der Waals surface area contributed by atoms with Crippen molar-refractivity contribution < 1.29 is 28.8 Å². The van der Waals surface area contributed by atoms with Crippen molar-refractivity contribution in [3.63, 3.8) is 0 Å².